The maximum Gasteiger partial charge on any atom is 0.414 e. The van der Waals surface area contributed by atoms with E-state index in [1.165, 1.54) is 21.9 Å². The SMILES string of the molecule is COc1ccc2ccccc2c1CNCC(c1ccccc1)N(C)C.O=C(O)C(=O)O.O=C(O)C(=O)O. The van der Waals surface area contributed by atoms with E-state index in [-0.39, 0.29) is 0 Å². The summed E-state index contributed by atoms with van der Waals surface area (Å²) in [6, 6.07) is 23.6. The molecule has 0 bridgehead atoms. The van der Waals surface area contributed by atoms with Crippen molar-refractivity contribution >= 4 is 34.6 Å². The maximum atomic E-state index is 9.10. The summed E-state index contributed by atoms with van der Waals surface area (Å²) < 4.78 is 5.59. The number of carboxylic acid groups (broad SMARTS) is 4. The van der Waals surface area contributed by atoms with Crippen molar-refractivity contribution in [3.8, 4) is 5.75 Å². The molecule has 198 valence electrons. The summed E-state index contributed by atoms with van der Waals surface area (Å²) in [4.78, 5) is 38.7. The second kappa shape index (κ2) is 15.5. The average Bonchev–Trinajstić information content (AvgIpc) is 2.87. The van der Waals surface area contributed by atoms with E-state index in [0.717, 1.165) is 18.8 Å². The fourth-order valence-electron chi connectivity index (χ4n) is 3.30. The van der Waals surface area contributed by atoms with E-state index < -0.39 is 23.9 Å². The summed E-state index contributed by atoms with van der Waals surface area (Å²) in [6.07, 6.45) is 0. The molecule has 11 nitrogen and oxygen atoms in total. The van der Waals surface area contributed by atoms with Crippen molar-refractivity contribution < 1.29 is 44.3 Å². The highest BCUT2D eigenvalue weighted by atomic mass is 16.5. The second-order valence-electron chi connectivity index (χ2n) is 7.71. The maximum absolute atomic E-state index is 9.10. The topological polar surface area (TPSA) is 174 Å². The van der Waals surface area contributed by atoms with Gasteiger partial charge in [0.2, 0.25) is 0 Å². The van der Waals surface area contributed by atoms with Gasteiger partial charge in [-0.2, -0.15) is 0 Å². The van der Waals surface area contributed by atoms with Crippen molar-refractivity contribution in [1.82, 2.24) is 10.2 Å². The first-order valence-electron chi connectivity index (χ1n) is 10.9. The van der Waals surface area contributed by atoms with Crippen LogP contribution >= 0.6 is 0 Å². The smallest absolute Gasteiger partial charge is 0.414 e. The number of rotatable bonds is 7. The van der Waals surface area contributed by atoms with Crippen molar-refractivity contribution in [2.24, 2.45) is 0 Å². The first-order valence-corrected chi connectivity index (χ1v) is 10.9. The third kappa shape index (κ3) is 10.3. The number of nitrogens with zero attached hydrogens (tertiary/aromatic N) is 1. The summed E-state index contributed by atoms with van der Waals surface area (Å²) in [6.45, 7) is 1.66. The second-order valence-corrected chi connectivity index (χ2v) is 7.71. The van der Waals surface area contributed by atoms with Gasteiger partial charge in [-0.3, -0.25) is 0 Å². The molecular formula is C26H30N2O9. The third-order valence-electron chi connectivity index (χ3n) is 5.03. The summed E-state index contributed by atoms with van der Waals surface area (Å²) in [5, 5.41) is 35.7. The van der Waals surface area contributed by atoms with Crippen LogP contribution in [0.3, 0.4) is 0 Å². The Balaban J connectivity index is 0.000000476. The van der Waals surface area contributed by atoms with Crippen LogP contribution in [0.4, 0.5) is 0 Å². The zero-order valence-corrected chi connectivity index (χ0v) is 20.6. The van der Waals surface area contributed by atoms with E-state index in [1.54, 1.807) is 7.11 Å². The molecule has 3 aromatic carbocycles. The molecule has 0 heterocycles. The first-order chi connectivity index (χ1) is 17.5. The normalized spacial score (nSPS) is 10.8. The quantitative estimate of drug-likeness (QED) is 0.293. The van der Waals surface area contributed by atoms with E-state index in [0.29, 0.717) is 6.04 Å². The molecule has 0 spiro atoms. The van der Waals surface area contributed by atoms with Crippen LogP contribution in [0, 0.1) is 0 Å². The molecule has 3 aromatic rings. The van der Waals surface area contributed by atoms with Crippen molar-refractivity contribution in [3.05, 3.63) is 77.9 Å². The number of benzene rings is 3. The number of carbonyl (C=O) groups is 4. The van der Waals surface area contributed by atoms with Crippen LogP contribution in [0.5, 0.6) is 5.75 Å². The van der Waals surface area contributed by atoms with Gasteiger partial charge in [-0.25, -0.2) is 19.2 Å². The third-order valence-corrected chi connectivity index (χ3v) is 5.03. The van der Waals surface area contributed by atoms with Crippen molar-refractivity contribution in [3.63, 3.8) is 0 Å². The van der Waals surface area contributed by atoms with Crippen LogP contribution in [-0.2, 0) is 25.7 Å². The Kier molecular flexibility index (Phi) is 12.8. The largest absolute Gasteiger partial charge is 0.496 e. The van der Waals surface area contributed by atoms with Gasteiger partial charge in [-0.05, 0) is 36.5 Å². The highest BCUT2D eigenvalue weighted by molar-refractivity contribution is 6.27. The molecule has 5 N–H and O–H groups in total. The van der Waals surface area contributed by atoms with Crippen LogP contribution in [0.1, 0.15) is 17.2 Å². The van der Waals surface area contributed by atoms with Gasteiger partial charge in [0.1, 0.15) is 5.75 Å². The van der Waals surface area contributed by atoms with Crippen molar-refractivity contribution in [2.45, 2.75) is 12.6 Å². The van der Waals surface area contributed by atoms with Gasteiger partial charge < -0.3 is 35.4 Å². The summed E-state index contributed by atoms with van der Waals surface area (Å²) >= 11 is 0. The number of hydrogen-bond acceptors (Lipinski definition) is 7. The zero-order valence-electron chi connectivity index (χ0n) is 20.6. The van der Waals surface area contributed by atoms with E-state index in [9.17, 15) is 0 Å². The van der Waals surface area contributed by atoms with Gasteiger partial charge in [0.25, 0.3) is 0 Å². The Morgan fingerprint density at radius 2 is 1.30 bits per heavy atom. The molecule has 0 radical (unpaired) electrons. The number of likely N-dealkylation sites (N-methyl/N-ethyl adjacent to an activating group) is 1. The minimum Gasteiger partial charge on any atom is -0.496 e. The Morgan fingerprint density at radius 1 is 0.784 bits per heavy atom. The molecule has 0 aliphatic carbocycles. The number of carboxylic acids is 4. The van der Waals surface area contributed by atoms with Gasteiger partial charge >= 0.3 is 23.9 Å². The van der Waals surface area contributed by atoms with Crippen LogP contribution < -0.4 is 10.1 Å². The number of aliphatic carboxylic acids is 4. The van der Waals surface area contributed by atoms with E-state index in [4.69, 9.17) is 44.3 Å². The van der Waals surface area contributed by atoms with E-state index in [2.05, 4.69) is 91.0 Å². The molecule has 0 amide bonds. The molecule has 0 saturated carbocycles. The molecule has 0 aliphatic heterocycles. The molecule has 3 rings (SSSR count). The highest BCUT2D eigenvalue weighted by Gasteiger charge is 2.14. The number of fused-ring (bicyclic) bond motifs is 1. The van der Waals surface area contributed by atoms with Crippen LogP contribution in [0.15, 0.2) is 66.7 Å². The molecule has 0 aliphatic rings. The Bertz CT molecular complexity index is 1150. The highest BCUT2D eigenvalue weighted by Crippen LogP contribution is 2.28. The predicted molar refractivity (Wildman–Crippen MR) is 136 cm³/mol. The van der Waals surface area contributed by atoms with Gasteiger partial charge in [0, 0.05) is 24.7 Å². The molecule has 11 heteroatoms. The van der Waals surface area contributed by atoms with Gasteiger partial charge in [-0.15, -0.1) is 0 Å². The van der Waals surface area contributed by atoms with Crippen LogP contribution in [-0.4, -0.2) is 77.0 Å². The standard InChI is InChI=1S/C22H26N2O.2C2H2O4/c1-24(2)21(18-10-5-4-6-11-18)16-23-15-20-19-12-8-7-9-17(19)13-14-22(20)25-3;2*3-1(4)2(5)6/h4-14,21,23H,15-16H2,1-3H3;2*(H,3,4)(H,5,6). The number of hydrogen-bond donors (Lipinski definition) is 5. The monoisotopic (exact) mass is 514 g/mol. The number of nitrogens with one attached hydrogen (secondary N) is 1. The summed E-state index contributed by atoms with van der Waals surface area (Å²) in [7, 11) is 5.98. The fourth-order valence-corrected chi connectivity index (χ4v) is 3.30. The van der Waals surface area contributed by atoms with Gasteiger partial charge in [0.05, 0.1) is 7.11 Å². The lowest BCUT2D eigenvalue weighted by Crippen LogP contribution is -2.30. The predicted octanol–water partition coefficient (Wildman–Crippen LogP) is 2.55. The molecule has 37 heavy (non-hydrogen) atoms. The fraction of sp³-hybridized carbons (Fsp3) is 0.231. The first kappa shape index (κ1) is 30.6. The Labute approximate surface area is 213 Å². The van der Waals surface area contributed by atoms with Crippen molar-refractivity contribution in [2.75, 3.05) is 27.7 Å². The average molecular weight is 515 g/mol. The summed E-state index contributed by atoms with van der Waals surface area (Å²) in [5.74, 6) is -6.36. The van der Waals surface area contributed by atoms with Crippen LogP contribution in [0.2, 0.25) is 0 Å². The molecular weight excluding hydrogens is 484 g/mol. The number of ether oxygens (including phenoxy) is 1. The minimum atomic E-state index is -1.82. The molecule has 1 atom stereocenters. The van der Waals surface area contributed by atoms with Gasteiger partial charge in [-0.1, -0.05) is 60.7 Å². The lowest BCUT2D eigenvalue weighted by atomic mass is 10.0. The lowest BCUT2D eigenvalue weighted by molar-refractivity contribution is -0.159. The summed E-state index contributed by atoms with van der Waals surface area (Å²) in [5.41, 5.74) is 2.54. The lowest BCUT2D eigenvalue weighted by Gasteiger charge is -2.25. The number of methoxy groups -OCH3 is 1. The van der Waals surface area contributed by atoms with Gasteiger partial charge in [0.15, 0.2) is 0 Å². The minimum absolute atomic E-state index is 0.335. The zero-order chi connectivity index (χ0) is 28.0. The van der Waals surface area contributed by atoms with Crippen LogP contribution in [0.25, 0.3) is 10.8 Å². The molecule has 1 unspecified atom stereocenters. The molecule has 0 saturated heterocycles. The van der Waals surface area contributed by atoms with Crippen molar-refractivity contribution in [1.29, 1.82) is 0 Å². The molecule has 0 fully saturated rings. The van der Waals surface area contributed by atoms with E-state index in [1.807, 2.05) is 0 Å². The Morgan fingerprint density at radius 3 is 1.78 bits per heavy atom. The molecule has 0 aromatic heterocycles. The Hall–Kier alpha value is -4.48. The van der Waals surface area contributed by atoms with E-state index >= 15 is 0 Å².